The number of fused-ring (bicyclic) bond motifs is 1. The molecule has 3 aliphatic rings. The highest BCUT2D eigenvalue weighted by molar-refractivity contribution is 5.78. The smallest absolute Gasteiger partial charge is 0.312 e. The molecule has 0 aromatic heterocycles. The molecule has 3 heteroatoms. The third-order valence-corrected chi connectivity index (χ3v) is 4.22. The topological polar surface area (TPSA) is 35.5 Å². The lowest BCUT2D eigenvalue weighted by atomic mass is 9.57. The number of carbonyl (C=O) groups is 1. The number of hydrogen-bond acceptors (Lipinski definition) is 3. The Morgan fingerprint density at radius 1 is 1.47 bits per heavy atom. The van der Waals surface area contributed by atoms with E-state index in [4.69, 9.17) is 9.47 Å². The van der Waals surface area contributed by atoms with Gasteiger partial charge in [0, 0.05) is 5.41 Å². The predicted molar refractivity (Wildman–Crippen MR) is 62.7 cm³/mol. The van der Waals surface area contributed by atoms with E-state index in [0.717, 1.165) is 6.42 Å². The van der Waals surface area contributed by atoms with Crippen LogP contribution in [0, 0.1) is 12.8 Å². The largest absolute Gasteiger partial charge is 0.469 e. The van der Waals surface area contributed by atoms with E-state index in [9.17, 15) is 4.79 Å². The number of benzene rings is 1. The number of methoxy groups -OCH3 is 1. The summed E-state index contributed by atoms with van der Waals surface area (Å²) in [6.07, 6.45) is 1.000. The molecule has 2 bridgehead atoms. The Morgan fingerprint density at radius 3 is 2.88 bits per heavy atom. The van der Waals surface area contributed by atoms with Crippen molar-refractivity contribution < 1.29 is 14.3 Å². The van der Waals surface area contributed by atoms with E-state index >= 15 is 0 Å². The van der Waals surface area contributed by atoms with Gasteiger partial charge in [-0.05, 0) is 24.5 Å². The Labute approximate surface area is 101 Å². The van der Waals surface area contributed by atoms with Crippen LogP contribution in [-0.2, 0) is 19.7 Å². The minimum atomic E-state index is -0.137. The van der Waals surface area contributed by atoms with Crippen LogP contribution in [0.5, 0.6) is 0 Å². The Bertz CT molecular complexity index is 464. The van der Waals surface area contributed by atoms with E-state index in [1.54, 1.807) is 0 Å². The van der Waals surface area contributed by atoms with Crippen LogP contribution >= 0.6 is 0 Å². The molecule has 17 heavy (non-hydrogen) atoms. The van der Waals surface area contributed by atoms with E-state index < -0.39 is 0 Å². The van der Waals surface area contributed by atoms with E-state index in [0.29, 0.717) is 6.61 Å². The minimum absolute atomic E-state index is 0.0575. The lowest BCUT2D eigenvalue weighted by molar-refractivity contribution is -0.154. The van der Waals surface area contributed by atoms with Crippen LogP contribution in [0.2, 0.25) is 0 Å². The standard InChI is InChI=1S/C14H16O3/c1-9-5-3-4-6-10(9)14-7-11(17-8-14)12(14)13(15)16-2/h3-6,11-12H,7-8H2,1-2H3. The highest BCUT2D eigenvalue weighted by atomic mass is 16.5. The van der Waals surface area contributed by atoms with Crippen molar-refractivity contribution >= 4 is 5.97 Å². The van der Waals surface area contributed by atoms with Crippen molar-refractivity contribution in [1.82, 2.24) is 0 Å². The molecule has 3 fully saturated rings. The average Bonchev–Trinajstić information content (AvgIpc) is 2.88. The number of esters is 1. The molecule has 1 aromatic carbocycles. The quantitative estimate of drug-likeness (QED) is 0.730. The number of carbonyl (C=O) groups excluding carboxylic acids is 1. The molecule has 1 saturated carbocycles. The van der Waals surface area contributed by atoms with Crippen molar-refractivity contribution in [2.24, 2.45) is 5.92 Å². The van der Waals surface area contributed by atoms with Gasteiger partial charge in [0.25, 0.3) is 0 Å². The molecule has 0 N–H and O–H groups in total. The first-order chi connectivity index (χ1) is 8.19. The first-order valence-electron chi connectivity index (χ1n) is 5.94. The summed E-state index contributed by atoms with van der Waals surface area (Å²) in [5.41, 5.74) is 2.33. The third-order valence-electron chi connectivity index (χ3n) is 4.22. The second kappa shape index (κ2) is 3.57. The SMILES string of the molecule is COC(=O)C1C2CC1(c1ccccc1C)CO2. The highest BCUT2D eigenvalue weighted by Crippen LogP contribution is 2.57. The van der Waals surface area contributed by atoms with Gasteiger partial charge in [0.2, 0.25) is 0 Å². The fourth-order valence-corrected chi connectivity index (χ4v) is 3.35. The van der Waals surface area contributed by atoms with Crippen LogP contribution in [0.3, 0.4) is 0 Å². The van der Waals surface area contributed by atoms with Gasteiger partial charge in [0.1, 0.15) is 0 Å². The molecular weight excluding hydrogens is 216 g/mol. The van der Waals surface area contributed by atoms with Gasteiger partial charge in [-0.1, -0.05) is 24.3 Å². The molecule has 2 aliphatic heterocycles. The van der Waals surface area contributed by atoms with Crippen molar-refractivity contribution in [2.45, 2.75) is 24.9 Å². The zero-order chi connectivity index (χ0) is 12.0. The number of ether oxygens (including phenoxy) is 2. The third kappa shape index (κ3) is 1.29. The van der Waals surface area contributed by atoms with Gasteiger partial charge in [0.05, 0.1) is 25.7 Å². The van der Waals surface area contributed by atoms with E-state index in [-0.39, 0.29) is 23.4 Å². The van der Waals surface area contributed by atoms with Crippen molar-refractivity contribution in [3.8, 4) is 0 Å². The first kappa shape index (κ1) is 10.8. The lowest BCUT2D eigenvalue weighted by Gasteiger charge is -2.43. The van der Waals surface area contributed by atoms with Crippen LogP contribution in [-0.4, -0.2) is 25.8 Å². The van der Waals surface area contributed by atoms with Crippen molar-refractivity contribution in [3.63, 3.8) is 0 Å². The molecule has 3 unspecified atom stereocenters. The average molecular weight is 232 g/mol. The van der Waals surface area contributed by atoms with Crippen molar-refractivity contribution in [3.05, 3.63) is 35.4 Å². The second-order valence-corrected chi connectivity index (χ2v) is 5.03. The summed E-state index contributed by atoms with van der Waals surface area (Å²) in [6, 6.07) is 8.24. The Morgan fingerprint density at radius 2 is 2.24 bits per heavy atom. The summed E-state index contributed by atoms with van der Waals surface area (Å²) >= 11 is 0. The van der Waals surface area contributed by atoms with Gasteiger partial charge in [-0.15, -0.1) is 0 Å². The normalized spacial score (nSPS) is 34.2. The zero-order valence-electron chi connectivity index (χ0n) is 10.1. The molecule has 0 spiro atoms. The maximum atomic E-state index is 11.8. The minimum Gasteiger partial charge on any atom is -0.469 e. The van der Waals surface area contributed by atoms with Crippen LogP contribution in [0.25, 0.3) is 0 Å². The van der Waals surface area contributed by atoms with E-state index in [1.807, 2.05) is 12.1 Å². The Kier molecular flexibility index (Phi) is 2.26. The molecule has 1 aromatic rings. The van der Waals surface area contributed by atoms with Gasteiger partial charge in [-0.3, -0.25) is 4.79 Å². The molecule has 3 nitrogen and oxygen atoms in total. The highest BCUT2D eigenvalue weighted by Gasteiger charge is 2.65. The lowest BCUT2D eigenvalue weighted by Crippen LogP contribution is -2.53. The molecule has 0 amide bonds. The van der Waals surface area contributed by atoms with Crippen LogP contribution in [0.15, 0.2) is 24.3 Å². The molecule has 1 aliphatic carbocycles. The monoisotopic (exact) mass is 232 g/mol. The summed E-state index contributed by atoms with van der Waals surface area (Å²) in [6.45, 7) is 2.73. The van der Waals surface area contributed by atoms with Gasteiger partial charge in [-0.2, -0.15) is 0 Å². The fraction of sp³-hybridized carbons (Fsp3) is 0.500. The van der Waals surface area contributed by atoms with Crippen molar-refractivity contribution in [2.75, 3.05) is 13.7 Å². The van der Waals surface area contributed by atoms with Crippen LogP contribution in [0.1, 0.15) is 17.5 Å². The molecule has 2 heterocycles. The number of rotatable bonds is 2. The zero-order valence-corrected chi connectivity index (χ0v) is 10.1. The molecular formula is C14H16O3. The summed E-state index contributed by atoms with van der Waals surface area (Å²) < 4.78 is 10.6. The van der Waals surface area contributed by atoms with E-state index in [2.05, 4.69) is 19.1 Å². The van der Waals surface area contributed by atoms with Gasteiger partial charge >= 0.3 is 5.97 Å². The first-order valence-corrected chi connectivity index (χ1v) is 5.94. The molecule has 90 valence electrons. The van der Waals surface area contributed by atoms with Crippen LogP contribution in [0.4, 0.5) is 0 Å². The maximum absolute atomic E-state index is 11.8. The summed E-state index contributed by atoms with van der Waals surface area (Å²) in [4.78, 5) is 11.8. The van der Waals surface area contributed by atoms with E-state index in [1.165, 1.54) is 18.2 Å². The summed E-state index contributed by atoms with van der Waals surface area (Å²) in [5.74, 6) is -0.254. The van der Waals surface area contributed by atoms with Gasteiger partial charge in [-0.25, -0.2) is 0 Å². The number of hydrogen-bond donors (Lipinski definition) is 0. The Hall–Kier alpha value is -1.35. The van der Waals surface area contributed by atoms with Gasteiger partial charge in [0.15, 0.2) is 0 Å². The molecule has 4 rings (SSSR count). The maximum Gasteiger partial charge on any atom is 0.312 e. The summed E-state index contributed by atoms with van der Waals surface area (Å²) in [5, 5.41) is 0. The molecule has 3 atom stereocenters. The number of aryl methyl sites for hydroxylation is 1. The Balaban J connectivity index is 2.02. The molecule has 2 saturated heterocycles. The van der Waals surface area contributed by atoms with Gasteiger partial charge < -0.3 is 9.47 Å². The van der Waals surface area contributed by atoms with Crippen LogP contribution < -0.4 is 0 Å². The van der Waals surface area contributed by atoms with Crippen molar-refractivity contribution in [1.29, 1.82) is 0 Å². The second-order valence-electron chi connectivity index (χ2n) is 5.03. The summed E-state index contributed by atoms with van der Waals surface area (Å²) in [7, 11) is 1.45. The predicted octanol–water partition coefficient (Wildman–Crippen LogP) is 1.82. The molecule has 0 radical (unpaired) electrons. The fourth-order valence-electron chi connectivity index (χ4n) is 3.35.